The smallest absolute Gasteiger partial charge is 0.214 e. The lowest BCUT2D eigenvalue weighted by atomic mass is 10.1. The van der Waals surface area contributed by atoms with Gasteiger partial charge in [-0.25, -0.2) is 8.42 Å². The molecule has 8 heteroatoms. The van der Waals surface area contributed by atoms with Gasteiger partial charge in [-0.05, 0) is 12.8 Å². The molecule has 1 saturated heterocycles. The first-order chi connectivity index (χ1) is 9.96. The molecule has 124 valence electrons. The molecule has 0 aromatic heterocycles. The van der Waals surface area contributed by atoms with E-state index < -0.39 is 10.0 Å². The lowest BCUT2D eigenvalue weighted by Crippen LogP contribution is -2.55. The first kappa shape index (κ1) is 18.2. The van der Waals surface area contributed by atoms with Crippen LogP contribution >= 0.6 is 0 Å². The summed E-state index contributed by atoms with van der Waals surface area (Å²) in [4.78, 5) is 2.10. The summed E-state index contributed by atoms with van der Waals surface area (Å²) in [6.45, 7) is 6.22. The van der Waals surface area contributed by atoms with Crippen LogP contribution in [0.1, 0.15) is 39.5 Å². The van der Waals surface area contributed by atoms with Gasteiger partial charge in [-0.3, -0.25) is 4.90 Å². The minimum absolute atomic E-state index is 0.111. The highest BCUT2D eigenvalue weighted by molar-refractivity contribution is 7.89. The highest BCUT2D eigenvalue weighted by Crippen LogP contribution is 2.15. The number of hydrogen-bond donors (Lipinski definition) is 2. The third kappa shape index (κ3) is 5.12. The Bertz CT molecular complexity index is 431. The molecular weight excluding hydrogens is 292 g/mol. The molecule has 0 spiro atoms. The summed E-state index contributed by atoms with van der Waals surface area (Å²) in [6.07, 6.45) is 3.31. The van der Waals surface area contributed by atoms with E-state index in [1.54, 1.807) is 4.31 Å². The Kier molecular flexibility index (Phi) is 7.41. The monoisotopic (exact) mass is 320 g/mol. The Morgan fingerprint density at radius 2 is 1.86 bits per heavy atom. The van der Waals surface area contributed by atoms with Crippen molar-refractivity contribution in [2.45, 2.75) is 45.6 Å². The SMILES string of the molecule is CCCCS(=O)(=O)N1CCN(C(CCC)C(N)=NO)CC1. The van der Waals surface area contributed by atoms with Gasteiger partial charge in [0.25, 0.3) is 0 Å². The number of sulfonamides is 1. The van der Waals surface area contributed by atoms with Crippen LogP contribution in [0.5, 0.6) is 0 Å². The average Bonchev–Trinajstić information content (AvgIpc) is 2.50. The molecule has 1 heterocycles. The molecule has 1 fully saturated rings. The van der Waals surface area contributed by atoms with Gasteiger partial charge in [0.05, 0.1) is 11.8 Å². The third-order valence-corrected chi connectivity index (χ3v) is 5.84. The first-order valence-electron chi connectivity index (χ1n) is 7.65. The van der Waals surface area contributed by atoms with E-state index >= 15 is 0 Å². The molecule has 0 radical (unpaired) electrons. The number of unbranched alkanes of at least 4 members (excludes halogenated alkanes) is 1. The highest BCUT2D eigenvalue weighted by Gasteiger charge is 2.30. The maximum atomic E-state index is 12.2. The van der Waals surface area contributed by atoms with E-state index in [0.717, 1.165) is 19.3 Å². The van der Waals surface area contributed by atoms with Crippen LogP contribution in [0.3, 0.4) is 0 Å². The van der Waals surface area contributed by atoms with Gasteiger partial charge in [0.1, 0.15) is 0 Å². The topological polar surface area (TPSA) is 99.2 Å². The predicted octanol–water partition coefficient (Wildman–Crippen LogP) is 0.649. The first-order valence-corrected chi connectivity index (χ1v) is 9.26. The van der Waals surface area contributed by atoms with E-state index in [0.29, 0.717) is 32.6 Å². The molecule has 1 unspecified atom stereocenters. The zero-order valence-corrected chi connectivity index (χ0v) is 13.8. The van der Waals surface area contributed by atoms with Crippen LogP contribution in [-0.4, -0.2) is 66.6 Å². The number of nitrogens with zero attached hydrogens (tertiary/aromatic N) is 3. The molecular formula is C13H28N4O3S. The molecule has 1 aliphatic rings. The summed E-state index contributed by atoms with van der Waals surface area (Å²) in [5.74, 6) is 0.432. The molecule has 1 atom stereocenters. The number of amidine groups is 1. The lowest BCUT2D eigenvalue weighted by molar-refractivity contribution is 0.158. The summed E-state index contributed by atoms with van der Waals surface area (Å²) in [5.41, 5.74) is 5.75. The van der Waals surface area contributed by atoms with E-state index in [1.165, 1.54) is 0 Å². The quantitative estimate of drug-likeness (QED) is 0.296. The number of oxime groups is 1. The number of rotatable bonds is 8. The Morgan fingerprint density at radius 3 is 2.33 bits per heavy atom. The maximum Gasteiger partial charge on any atom is 0.214 e. The molecule has 1 rings (SSSR count). The molecule has 0 aliphatic carbocycles. The second-order valence-electron chi connectivity index (χ2n) is 5.43. The van der Waals surface area contributed by atoms with E-state index in [2.05, 4.69) is 10.1 Å². The summed E-state index contributed by atoms with van der Waals surface area (Å²) in [6, 6.07) is -0.111. The molecule has 0 bridgehead atoms. The van der Waals surface area contributed by atoms with Crippen molar-refractivity contribution in [1.29, 1.82) is 0 Å². The van der Waals surface area contributed by atoms with Gasteiger partial charge in [0, 0.05) is 26.2 Å². The molecule has 21 heavy (non-hydrogen) atoms. The van der Waals surface area contributed by atoms with E-state index in [4.69, 9.17) is 10.9 Å². The molecule has 1 aliphatic heterocycles. The van der Waals surface area contributed by atoms with Crippen molar-refractivity contribution in [2.24, 2.45) is 10.9 Å². The van der Waals surface area contributed by atoms with Crippen LogP contribution in [0.25, 0.3) is 0 Å². The number of nitrogens with two attached hydrogens (primary N) is 1. The van der Waals surface area contributed by atoms with Gasteiger partial charge in [-0.1, -0.05) is 31.8 Å². The molecule has 0 aromatic rings. The van der Waals surface area contributed by atoms with E-state index in [-0.39, 0.29) is 17.6 Å². The minimum atomic E-state index is -3.14. The van der Waals surface area contributed by atoms with Crippen LogP contribution in [-0.2, 0) is 10.0 Å². The molecule has 7 nitrogen and oxygen atoms in total. The number of hydrogen-bond acceptors (Lipinski definition) is 5. The summed E-state index contributed by atoms with van der Waals surface area (Å²) in [7, 11) is -3.14. The fraction of sp³-hybridized carbons (Fsp3) is 0.923. The van der Waals surface area contributed by atoms with E-state index in [9.17, 15) is 8.42 Å². The van der Waals surface area contributed by atoms with Crippen molar-refractivity contribution in [2.75, 3.05) is 31.9 Å². The second-order valence-corrected chi connectivity index (χ2v) is 7.52. The number of piperazine rings is 1. The van der Waals surface area contributed by atoms with Gasteiger partial charge in [-0.15, -0.1) is 0 Å². The van der Waals surface area contributed by atoms with Gasteiger partial charge in [-0.2, -0.15) is 4.31 Å². The Balaban J connectivity index is 2.61. The highest BCUT2D eigenvalue weighted by atomic mass is 32.2. The largest absolute Gasteiger partial charge is 0.409 e. The van der Waals surface area contributed by atoms with Crippen LogP contribution < -0.4 is 5.73 Å². The van der Waals surface area contributed by atoms with Crippen molar-refractivity contribution in [1.82, 2.24) is 9.21 Å². The Hall–Kier alpha value is -0.860. The molecule has 0 aromatic carbocycles. The molecule has 3 N–H and O–H groups in total. The zero-order valence-electron chi connectivity index (χ0n) is 13.0. The third-order valence-electron chi connectivity index (χ3n) is 3.88. The van der Waals surface area contributed by atoms with Gasteiger partial charge < -0.3 is 10.9 Å². The van der Waals surface area contributed by atoms with Crippen LogP contribution in [0.4, 0.5) is 0 Å². The van der Waals surface area contributed by atoms with Crippen molar-refractivity contribution in [3.63, 3.8) is 0 Å². The summed E-state index contributed by atoms with van der Waals surface area (Å²) in [5, 5.41) is 12.0. The summed E-state index contributed by atoms with van der Waals surface area (Å²) < 4.78 is 25.9. The van der Waals surface area contributed by atoms with Gasteiger partial charge >= 0.3 is 0 Å². The maximum absolute atomic E-state index is 12.2. The summed E-state index contributed by atoms with van der Waals surface area (Å²) >= 11 is 0. The van der Waals surface area contributed by atoms with Gasteiger partial charge in [0.2, 0.25) is 10.0 Å². The van der Waals surface area contributed by atoms with E-state index in [1.807, 2.05) is 13.8 Å². The normalized spacial score (nSPS) is 20.6. The standard InChI is InChI=1S/C13H28N4O3S/c1-3-5-11-21(19,20)17-9-7-16(8-10-17)12(6-4-2)13(14)15-18/h12,18H,3-11H2,1-2H3,(H2,14,15). The van der Waals surface area contributed by atoms with Crippen molar-refractivity contribution >= 4 is 15.9 Å². The predicted molar refractivity (Wildman–Crippen MR) is 83.9 cm³/mol. The lowest BCUT2D eigenvalue weighted by Gasteiger charge is -2.38. The molecule has 0 amide bonds. The van der Waals surface area contributed by atoms with Crippen LogP contribution in [0.2, 0.25) is 0 Å². The van der Waals surface area contributed by atoms with Crippen molar-refractivity contribution in [3.8, 4) is 0 Å². The van der Waals surface area contributed by atoms with Crippen LogP contribution in [0.15, 0.2) is 5.16 Å². The average molecular weight is 320 g/mol. The Labute approximate surface area is 127 Å². The fourth-order valence-corrected chi connectivity index (χ4v) is 4.24. The van der Waals surface area contributed by atoms with Crippen LogP contribution in [0, 0.1) is 0 Å². The molecule has 0 saturated carbocycles. The van der Waals surface area contributed by atoms with Crippen molar-refractivity contribution in [3.05, 3.63) is 0 Å². The second kappa shape index (κ2) is 8.55. The van der Waals surface area contributed by atoms with Gasteiger partial charge in [0.15, 0.2) is 5.84 Å². The zero-order chi connectivity index (χ0) is 15.9. The fourth-order valence-electron chi connectivity index (χ4n) is 2.61. The Morgan fingerprint density at radius 1 is 1.24 bits per heavy atom. The van der Waals surface area contributed by atoms with Crippen molar-refractivity contribution < 1.29 is 13.6 Å². The minimum Gasteiger partial charge on any atom is -0.409 e.